The second-order valence-electron chi connectivity index (χ2n) is 5.94. The molecule has 2 aromatic rings. The fourth-order valence-corrected chi connectivity index (χ4v) is 3.07. The average molecular weight is 299 g/mol. The molecule has 1 heterocycles. The van der Waals surface area contributed by atoms with Gasteiger partial charge in [-0.25, -0.2) is 4.68 Å². The Balaban J connectivity index is 1.60. The highest BCUT2D eigenvalue weighted by atomic mass is 16.1. The number of hydrogen-bond donors (Lipinski definition) is 1. The topological polar surface area (TPSA) is 72.7 Å². The van der Waals surface area contributed by atoms with Crippen LogP contribution in [0.15, 0.2) is 24.3 Å². The average Bonchev–Trinajstić information content (AvgIpc) is 3.16. The molecule has 1 fully saturated rings. The molecule has 0 spiro atoms. The van der Waals surface area contributed by atoms with E-state index in [9.17, 15) is 4.79 Å². The molecule has 1 aliphatic rings. The van der Waals surface area contributed by atoms with Crippen LogP contribution in [0.3, 0.4) is 0 Å². The number of benzene rings is 1. The van der Waals surface area contributed by atoms with Crippen LogP contribution in [0.25, 0.3) is 11.4 Å². The van der Waals surface area contributed by atoms with E-state index >= 15 is 0 Å². The molecule has 22 heavy (non-hydrogen) atoms. The molecule has 0 aliphatic heterocycles. The zero-order valence-corrected chi connectivity index (χ0v) is 12.8. The monoisotopic (exact) mass is 299 g/mol. The molecule has 0 unspecified atom stereocenters. The van der Waals surface area contributed by atoms with Crippen LogP contribution in [0.4, 0.5) is 5.69 Å². The molecule has 1 aromatic heterocycles. The van der Waals surface area contributed by atoms with Crippen LogP contribution in [0.2, 0.25) is 0 Å². The van der Waals surface area contributed by atoms with Gasteiger partial charge in [0.1, 0.15) is 0 Å². The third kappa shape index (κ3) is 3.50. The number of carbonyl (C=O) groups excluding carboxylic acids is 1. The Morgan fingerprint density at radius 1 is 1.36 bits per heavy atom. The predicted octanol–water partition coefficient (Wildman–Crippen LogP) is 2.79. The van der Waals surface area contributed by atoms with Crippen molar-refractivity contribution in [1.29, 1.82) is 0 Å². The quantitative estimate of drug-likeness (QED) is 0.921. The lowest BCUT2D eigenvalue weighted by Crippen LogP contribution is -2.12. The van der Waals surface area contributed by atoms with Crippen molar-refractivity contribution < 1.29 is 4.79 Å². The molecule has 1 amide bonds. The number of rotatable bonds is 5. The zero-order valence-electron chi connectivity index (χ0n) is 12.8. The molecular weight excluding hydrogens is 278 g/mol. The van der Waals surface area contributed by atoms with Crippen LogP contribution in [-0.4, -0.2) is 26.1 Å². The van der Waals surface area contributed by atoms with Gasteiger partial charge in [0.25, 0.3) is 0 Å². The van der Waals surface area contributed by atoms with Gasteiger partial charge in [-0.05, 0) is 34.9 Å². The van der Waals surface area contributed by atoms with Crippen molar-refractivity contribution in [2.75, 3.05) is 5.32 Å². The SMILES string of the molecule is Cn1nnnc1-c1cccc(NC(=O)CCC2CCCC2)c1. The van der Waals surface area contributed by atoms with Gasteiger partial charge in [-0.1, -0.05) is 37.8 Å². The molecule has 116 valence electrons. The summed E-state index contributed by atoms with van der Waals surface area (Å²) in [5, 5.41) is 14.4. The van der Waals surface area contributed by atoms with Crippen LogP contribution in [0, 0.1) is 5.92 Å². The Kier molecular flexibility index (Phi) is 4.46. The number of aryl methyl sites for hydroxylation is 1. The summed E-state index contributed by atoms with van der Waals surface area (Å²) in [5.41, 5.74) is 1.68. The summed E-state index contributed by atoms with van der Waals surface area (Å²) in [7, 11) is 1.79. The lowest BCUT2D eigenvalue weighted by atomic mass is 10.0. The molecule has 1 aromatic carbocycles. The summed E-state index contributed by atoms with van der Waals surface area (Å²) in [5.74, 6) is 1.50. The highest BCUT2D eigenvalue weighted by molar-refractivity contribution is 5.91. The highest BCUT2D eigenvalue weighted by Crippen LogP contribution is 2.28. The van der Waals surface area contributed by atoms with E-state index in [-0.39, 0.29) is 5.91 Å². The normalized spacial score (nSPS) is 15.1. The molecule has 1 N–H and O–H groups in total. The van der Waals surface area contributed by atoms with Gasteiger partial charge in [0.15, 0.2) is 5.82 Å². The van der Waals surface area contributed by atoms with Crippen molar-refractivity contribution in [3.8, 4) is 11.4 Å². The number of nitrogens with one attached hydrogen (secondary N) is 1. The van der Waals surface area contributed by atoms with Crippen molar-refractivity contribution in [2.24, 2.45) is 13.0 Å². The second kappa shape index (κ2) is 6.68. The van der Waals surface area contributed by atoms with Gasteiger partial charge < -0.3 is 5.32 Å². The summed E-state index contributed by atoms with van der Waals surface area (Å²) in [6.07, 6.45) is 6.79. The molecule has 1 saturated carbocycles. The summed E-state index contributed by atoms with van der Waals surface area (Å²) in [4.78, 5) is 12.1. The van der Waals surface area contributed by atoms with Gasteiger partial charge in [-0.15, -0.1) is 5.10 Å². The molecular formula is C16H21N5O. The maximum Gasteiger partial charge on any atom is 0.224 e. The second-order valence-corrected chi connectivity index (χ2v) is 5.94. The third-order valence-corrected chi connectivity index (χ3v) is 4.28. The van der Waals surface area contributed by atoms with E-state index < -0.39 is 0 Å². The first kappa shape index (κ1) is 14.7. The Morgan fingerprint density at radius 2 is 2.18 bits per heavy atom. The lowest BCUT2D eigenvalue weighted by molar-refractivity contribution is -0.116. The highest BCUT2D eigenvalue weighted by Gasteiger charge is 2.16. The van der Waals surface area contributed by atoms with Crippen LogP contribution < -0.4 is 5.32 Å². The van der Waals surface area contributed by atoms with E-state index in [0.29, 0.717) is 12.2 Å². The molecule has 6 nitrogen and oxygen atoms in total. The minimum Gasteiger partial charge on any atom is -0.326 e. The van der Waals surface area contributed by atoms with E-state index in [1.54, 1.807) is 11.7 Å². The molecule has 1 aliphatic carbocycles. The summed E-state index contributed by atoms with van der Waals surface area (Å²) in [6.45, 7) is 0. The standard InChI is InChI=1S/C16H21N5O/c1-21-16(18-19-20-21)13-7-4-8-14(11-13)17-15(22)10-9-12-5-2-3-6-12/h4,7-8,11-12H,2-3,5-6,9-10H2,1H3,(H,17,22). The number of hydrogen-bond acceptors (Lipinski definition) is 4. The minimum atomic E-state index is 0.0835. The number of nitrogens with zero attached hydrogens (tertiary/aromatic N) is 4. The van der Waals surface area contributed by atoms with E-state index in [2.05, 4.69) is 20.8 Å². The molecule has 0 bridgehead atoms. The molecule has 6 heteroatoms. The molecule has 0 radical (unpaired) electrons. The largest absolute Gasteiger partial charge is 0.326 e. The molecule has 0 saturated heterocycles. The summed E-state index contributed by atoms with van der Waals surface area (Å²) in [6, 6.07) is 7.62. The molecule has 0 atom stereocenters. The van der Waals surface area contributed by atoms with Crippen LogP contribution in [0.1, 0.15) is 38.5 Å². The Hall–Kier alpha value is -2.24. The minimum absolute atomic E-state index is 0.0835. The van der Waals surface area contributed by atoms with Gasteiger partial charge >= 0.3 is 0 Å². The fraction of sp³-hybridized carbons (Fsp3) is 0.500. The van der Waals surface area contributed by atoms with E-state index in [4.69, 9.17) is 0 Å². The van der Waals surface area contributed by atoms with Crippen molar-refractivity contribution >= 4 is 11.6 Å². The fourth-order valence-electron chi connectivity index (χ4n) is 3.07. The van der Waals surface area contributed by atoms with Gasteiger partial charge in [-0.2, -0.15) is 0 Å². The van der Waals surface area contributed by atoms with Crippen LogP contribution in [-0.2, 0) is 11.8 Å². The van der Waals surface area contributed by atoms with Crippen molar-refractivity contribution in [1.82, 2.24) is 20.2 Å². The van der Waals surface area contributed by atoms with E-state index in [1.807, 2.05) is 24.3 Å². The van der Waals surface area contributed by atoms with Gasteiger partial charge in [0, 0.05) is 24.7 Å². The van der Waals surface area contributed by atoms with Crippen molar-refractivity contribution in [2.45, 2.75) is 38.5 Å². The first-order valence-electron chi connectivity index (χ1n) is 7.85. The number of anilines is 1. The maximum absolute atomic E-state index is 12.1. The Bertz CT molecular complexity index is 645. The zero-order chi connectivity index (χ0) is 15.4. The Labute approximate surface area is 129 Å². The summed E-state index contributed by atoms with van der Waals surface area (Å²) < 4.78 is 1.61. The Morgan fingerprint density at radius 3 is 2.91 bits per heavy atom. The van der Waals surface area contributed by atoms with Crippen LogP contribution in [0.5, 0.6) is 0 Å². The van der Waals surface area contributed by atoms with E-state index in [0.717, 1.165) is 23.6 Å². The summed E-state index contributed by atoms with van der Waals surface area (Å²) >= 11 is 0. The number of aromatic nitrogens is 4. The lowest BCUT2D eigenvalue weighted by Gasteiger charge is -2.10. The van der Waals surface area contributed by atoms with Crippen molar-refractivity contribution in [3.05, 3.63) is 24.3 Å². The third-order valence-electron chi connectivity index (χ3n) is 4.28. The number of tetrazole rings is 1. The van der Waals surface area contributed by atoms with Gasteiger partial charge in [0.2, 0.25) is 5.91 Å². The molecule has 3 rings (SSSR count). The first-order chi connectivity index (χ1) is 10.7. The van der Waals surface area contributed by atoms with E-state index in [1.165, 1.54) is 25.7 Å². The maximum atomic E-state index is 12.1. The number of amides is 1. The number of carbonyl (C=O) groups is 1. The van der Waals surface area contributed by atoms with Gasteiger partial charge in [0.05, 0.1) is 0 Å². The van der Waals surface area contributed by atoms with Crippen molar-refractivity contribution in [3.63, 3.8) is 0 Å². The van der Waals surface area contributed by atoms with Crippen LogP contribution >= 0.6 is 0 Å². The van der Waals surface area contributed by atoms with Gasteiger partial charge in [-0.3, -0.25) is 4.79 Å². The first-order valence-corrected chi connectivity index (χ1v) is 7.85. The smallest absolute Gasteiger partial charge is 0.224 e. The predicted molar refractivity (Wildman–Crippen MR) is 84.1 cm³/mol.